The van der Waals surface area contributed by atoms with Gasteiger partial charge in [0.1, 0.15) is 0 Å². The molecule has 0 aliphatic rings. The molecule has 1 aromatic carbocycles. The van der Waals surface area contributed by atoms with Crippen molar-refractivity contribution in [1.29, 1.82) is 0 Å². The van der Waals surface area contributed by atoms with Crippen LogP contribution in [0.4, 0.5) is 0 Å². The first-order valence-electron chi connectivity index (χ1n) is 3.45. The van der Waals surface area contributed by atoms with E-state index in [9.17, 15) is 4.79 Å². The van der Waals surface area contributed by atoms with E-state index in [1.165, 1.54) is 12.4 Å². The van der Waals surface area contributed by atoms with Crippen LogP contribution in [-0.2, 0) is 0 Å². The summed E-state index contributed by atoms with van der Waals surface area (Å²) in [5.74, 6) is 0. The third-order valence-electron chi connectivity index (χ3n) is 1.67. The maximum absolute atomic E-state index is 10.7. The topological polar surface area (TPSA) is 17.1 Å². The Labute approximate surface area is 93.5 Å². The minimum atomic E-state index is -0.358. The number of halogens is 1. The van der Waals surface area contributed by atoms with E-state index in [1.807, 2.05) is 12.1 Å². The van der Waals surface area contributed by atoms with Gasteiger partial charge in [-0.05, 0) is 0 Å². The zero-order valence-electron chi connectivity index (χ0n) is 6.08. The zero-order chi connectivity index (χ0) is 8.55. The summed E-state index contributed by atoms with van der Waals surface area (Å²) in [7, 11) is 0. The molecule has 0 aliphatic heterocycles. The molecular formula is C9H5IOTe. The number of carbonyl (C=O) groups excluding carboxylic acids is 1. The van der Waals surface area contributed by atoms with Gasteiger partial charge in [0.15, 0.2) is 0 Å². The van der Waals surface area contributed by atoms with Crippen molar-refractivity contribution in [2.24, 2.45) is 0 Å². The molecule has 0 saturated carbocycles. The third kappa shape index (κ3) is 1.34. The number of aldehydes is 1. The van der Waals surface area contributed by atoms with Crippen molar-refractivity contribution >= 4 is 58.1 Å². The van der Waals surface area contributed by atoms with E-state index in [-0.39, 0.29) is 20.4 Å². The maximum atomic E-state index is 10.7. The van der Waals surface area contributed by atoms with Crippen LogP contribution >= 0.6 is 22.6 Å². The summed E-state index contributed by atoms with van der Waals surface area (Å²) in [6, 6.07) is 8.30. The normalized spacial score (nSPS) is 10.4. The fourth-order valence-corrected chi connectivity index (χ4v) is 5.61. The van der Waals surface area contributed by atoms with Gasteiger partial charge < -0.3 is 0 Å². The van der Waals surface area contributed by atoms with E-state index >= 15 is 0 Å². The molecule has 0 N–H and O–H groups in total. The predicted octanol–water partition coefficient (Wildman–Crippen LogP) is 2.31. The Hall–Kier alpha value is 0.150. The quantitative estimate of drug-likeness (QED) is 0.420. The molecule has 0 amide bonds. The van der Waals surface area contributed by atoms with Crippen molar-refractivity contribution in [2.75, 3.05) is 0 Å². The van der Waals surface area contributed by atoms with Crippen LogP contribution in [0.25, 0.3) is 8.79 Å². The van der Waals surface area contributed by atoms with Crippen LogP contribution in [-0.4, -0.2) is 26.7 Å². The van der Waals surface area contributed by atoms with Crippen LogP contribution in [0, 0.1) is 3.57 Å². The molecule has 2 rings (SSSR count). The molecule has 3 heteroatoms. The fraction of sp³-hybridized carbons (Fsp3) is 0. The molecule has 1 heterocycles. The Morgan fingerprint density at radius 3 is 2.75 bits per heavy atom. The summed E-state index contributed by atoms with van der Waals surface area (Å²) in [6.45, 7) is 0. The van der Waals surface area contributed by atoms with Gasteiger partial charge >= 0.3 is 94.3 Å². The molecule has 0 fully saturated rings. The van der Waals surface area contributed by atoms with Gasteiger partial charge in [0.2, 0.25) is 0 Å². The van der Waals surface area contributed by atoms with Crippen molar-refractivity contribution < 1.29 is 4.79 Å². The van der Waals surface area contributed by atoms with Crippen molar-refractivity contribution in [3.05, 3.63) is 31.4 Å². The van der Waals surface area contributed by atoms with E-state index < -0.39 is 0 Å². The fourth-order valence-electron chi connectivity index (χ4n) is 1.11. The van der Waals surface area contributed by atoms with Crippen molar-refractivity contribution in [2.45, 2.75) is 0 Å². The van der Waals surface area contributed by atoms with Crippen LogP contribution in [0.3, 0.4) is 0 Å². The monoisotopic (exact) mass is 386 g/mol. The summed E-state index contributed by atoms with van der Waals surface area (Å²) >= 11 is 1.91. The van der Waals surface area contributed by atoms with E-state index in [1.54, 1.807) is 0 Å². The Morgan fingerprint density at radius 1 is 1.33 bits per heavy atom. The molecule has 60 valence electrons. The second-order valence-electron chi connectivity index (χ2n) is 2.39. The molecule has 0 bridgehead atoms. The van der Waals surface area contributed by atoms with Crippen molar-refractivity contribution in [1.82, 2.24) is 0 Å². The average Bonchev–Trinajstić information content (AvgIpc) is 2.44. The molecule has 0 saturated heterocycles. The molecule has 0 aliphatic carbocycles. The number of fused-ring (bicyclic) bond motifs is 1. The molecular weight excluding hydrogens is 379 g/mol. The second kappa shape index (κ2) is 3.49. The number of rotatable bonds is 1. The Kier molecular flexibility index (Phi) is 2.54. The SMILES string of the molecule is O=Cc1[te]c2ccccc2c1I. The van der Waals surface area contributed by atoms with Gasteiger partial charge in [-0.1, -0.05) is 0 Å². The van der Waals surface area contributed by atoms with Crippen LogP contribution in [0.1, 0.15) is 8.37 Å². The third-order valence-corrected chi connectivity index (χ3v) is 7.09. The minimum absolute atomic E-state index is 0.358. The van der Waals surface area contributed by atoms with Crippen LogP contribution in [0.15, 0.2) is 24.3 Å². The molecule has 1 aromatic heterocycles. The van der Waals surface area contributed by atoms with Gasteiger partial charge in [-0.3, -0.25) is 0 Å². The summed E-state index contributed by atoms with van der Waals surface area (Å²) in [6.07, 6.45) is 1.02. The van der Waals surface area contributed by atoms with Crippen molar-refractivity contribution in [3.63, 3.8) is 0 Å². The van der Waals surface area contributed by atoms with Crippen molar-refractivity contribution in [3.8, 4) is 0 Å². The van der Waals surface area contributed by atoms with Crippen LogP contribution in [0.5, 0.6) is 0 Å². The van der Waals surface area contributed by atoms with E-state index in [0.29, 0.717) is 0 Å². The van der Waals surface area contributed by atoms with E-state index in [4.69, 9.17) is 0 Å². The van der Waals surface area contributed by atoms with Crippen LogP contribution in [0.2, 0.25) is 0 Å². The van der Waals surface area contributed by atoms with Gasteiger partial charge in [-0.25, -0.2) is 0 Å². The Balaban J connectivity index is 2.87. The van der Waals surface area contributed by atoms with Gasteiger partial charge in [0.05, 0.1) is 0 Å². The number of hydrogen-bond acceptors (Lipinski definition) is 1. The molecule has 12 heavy (non-hydrogen) atoms. The molecule has 0 unspecified atom stereocenters. The summed E-state index contributed by atoms with van der Waals surface area (Å²) in [4.78, 5) is 10.7. The van der Waals surface area contributed by atoms with Gasteiger partial charge in [0.25, 0.3) is 0 Å². The standard InChI is InChI=1S/C9H5IOTe/c10-9-6-3-1-2-4-7(6)12-8(9)5-11/h1-5H. The Bertz CT molecular complexity index is 433. The number of carbonyl (C=O) groups is 1. The number of hydrogen-bond donors (Lipinski definition) is 0. The van der Waals surface area contributed by atoms with Crippen LogP contribution < -0.4 is 0 Å². The molecule has 1 nitrogen and oxygen atoms in total. The average molecular weight is 384 g/mol. The molecule has 2 aromatic rings. The molecule has 0 spiro atoms. The number of benzene rings is 1. The first-order chi connectivity index (χ1) is 5.83. The predicted molar refractivity (Wildman–Crippen MR) is 59.0 cm³/mol. The van der Waals surface area contributed by atoms with Gasteiger partial charge in [-0.15, -0.1) is 0 Å². The first-order valence-corrected chi connectivity index (χ1v) is 6.86. The summed E-state index contributed by atoms with van der Waals surface area (Å²) < 4.78 is 3.61. The summed E-state index contributed by atoms with van der Waals surface area (Å²) in [5, 5.41) is 1.28. The van der Waals surface area contributed by atoms with Gasteiger partial charge in [0, 0.05) is 0 Å². The second-order valence-corrected chi connectivity index (χ2v) is 6.57. The molecule has 0 radical (unpaired) electrons. The zero-order valence-corrected chi connectivity index (χ0v) is 10.6. The van der Waals surface area contributed by atoms with E-state index in [2.05, 4.69) is 34.7 Å². The molecule has 0 atom stereocenters. The van der Waals surface area contributed by atoms with Gasteiger partial charge in [-0.2, -0.15) is 0 Å². The summed E-state index contributed by atoms with van der Waals surface area (Å²) in [5.41, 5.74) is 0. The first kappa shape index (κ1) is 8.73. The Morgan fingerprint density at radius 2 is 2.08 bits per heavy atom. The van der Waals surface area contributed by atoms with E-state index in [0.717, 1.165) is 9.87 Å².